The zero-order chi connectivity index (χ0) is 18.0. The Labute approximate surface area is 146 Å². The smallest absolute Gasteiger partial charge is 0.274 e. The van der Waals surface area contributed by atoms with Gasteiger partial charge < -0.3 is 16.4 Å². The summed E-state index contributed by atoms with van der Waals surface area (Å²) in [4.78, 5) is 26.3. The van der Waals surface area contributed by atoms with E-state index in [1.807, 2.05) is 37.3 Å². The Kier molecular flexibility index (Phi) is 4.85. The molecule has 1 aliphatic rings. The highest BCUT2D eigenvalue weighted by molar-refractivity contribution is 5.97. The Bertz CT molecular complexity index is 761. The molecule has 7 heteroatoms. The normalized spacial score (nSPS) is 16.6. The highest BCUT2D eigenvalue weighted by Crippen LogP contribution is 2.21. The van der Waals surface area contributed by atoms with Gasteiger partial charge in [0.15, 0.2) is 5.69 Å². The van der Waals surface area contributed by atoms with Gasteiger partial charge in [0.05, 0.1) is 5.69 Å². The molecule has 0 aliphatic carbocycles. The molecule has 7 nitrogen and oxygen atoms in total. The highest BCUT2D eigenvalue weighted by Gasteiger charge is 2.28. The molecule has 2 aromatic rings. The molecule has 0 saturated carbocycles. The van der Waals surface area contributed by atoms with E-state index in [0.717, 1.165) is 12.8 Å². The average Bonchev–Trinajstić information content (AvgIpc) is 3.07. The van der Waals surface area contributed by atoms with Crippen molar-refractivity contribution in [3.63, 3.8) is 0 Å². The molecule has 25 heavy (non-hydrogen) atoms. The zero-order valence-electron chi connectivity index (χ0n) is 14.3. The number of likely N-dealkylation sites (tertiary alicyclic amines) is 1. The van der Waals surface area contributed by atoms with E-state index in [1.165, 1.54) is 10.7 Å². The molecule has 2 heterocycles. The van der Waals surface area contributed by atoms with Crippen LogP contribution in [0.2, 0.25) is 0 Å². The maximum Gasteiger partial charge on any atom is 0.274 e. The van der Waals surface area contributed by atoms with Gasteiger partial charge in [0.1, 0.15) is 5.69 Å². The third-order valence-corrected chi connectivity index (χ3v) is 4.75. The van der Waals surface area contributed by atoms with E-state index in [4.69, 9.17) is 11.5 Å². The first kappa shape index (κ1) is 17.2. The Hall–Kier alpha value is -2.67. The van der Waals surface area contributed by atoms with E-state index in [9.17, 15) is 9.59 Å². The number of rotatable bonds is 4. The van der Waals surface area contributed by atoms with Crippen LogP contribution >= 0.6 is 0 Å². The minimum Gasteiger partial charge on any atom is -0.364 e. The van der Waals surface area contributed by atoms with Crippen molar-refractivity contribution in [3.05, 3.63) is 47.8 Å². The molecule has 1 fully saturated rings. The summed E-state index contributed by atoms with van der Waals surface area (Å²) in [6.45, 7) is 3.30. The fraction of sp³-hybridized carbons (Fsp3) is 0.389. The third-order valence-electron chi connectivity index (χ3n) is 4.75. The molecule has 0 spiro atoms. The van der Waals surface area contributed by atoms with Crippen molar-refractivity contribution in [1.82, 2.24) is 14.7 Å². The first-order chi connectivity index (χ1) is 12.0. The van der Waals surface area contributed by atoms with E-state index < -0.39 is 5.91 Å². The maximum absolute atomic E-state index is 12.8. The molecule has 0 bridgehead atoms. The second kappa shape index (κ2) is 7.06. The topological polar surface area (TPSA) is 107 Å². The fourth-order valence-electron chi connectivity index (χ4n) is 3.22. The molecule has 132 valence electrons. The van der Waals surface area contributed by atoms with E-state index in [0.29, 0.717) is 24.7 Å². The number of benzene rings is 1. The zero-order valence-corrected chi connectivity index (χ0v) is 14.3. The van der Waals surface area contributed by atoms with Gasteiger partial charge in [-0.05, 0) is 37.8 Å². The van der Waals surface area contributed by atoms with Crippen LogP contribution in [0.4, 0.5) is 0 Å². The molecule has 0 radical (unpaired) electrons. The lowest BCUT2D eigenvalue weighted by atomic mass is 9.91. The number of nitrogens with two attached hydrogens (primary N) is 2. The van der Waals surface area contributed by atoms with E-state index in [-0.39, 0.29) is 23.3 Å². The van der Waals surface area contributed by atoms with Crippen LogP contribution in [0, 0.1) is 5.92 Å². The molecule has 1 atom stereocenters. The molecular weight excluding hydrogens is 318 g/mol. The van der Waals surface area contributed by atoms with E-state index >= 15 is 0 Å². The number of amides is 2. The number of para-hydroxylation sites is 1. The van der Waals surface area contributed by atoms with Gasteiger partial charge in [0.25, 0.3) is 11.8 Å². The lowest BCUT2D eigenvalue weighted by molar-refractivity contribution is 0.0674. The number of nitrogens with zero attached hydrogens (tertiary/aromatic N) is 3. The van der Waals surface area contributed by atoms with Crippen LogP contribution < -0.4 is 11.5 Å². The third kappa shape index (κ3) is 3.56. The predicted octanol–water partition coefficient (Wildman–Crippen LogP) is 1.17. The van der Waals surface area contributed by atoms with Crippen LogP contribution in [0.1, 0.15) is 40.7 Å². The molecule has 1 aliphatic heterocycles. The van der Waals surface area contributed by atoms with E-state index in [1.54, 1.807) is 4.90 Å². The average molecular weight is 341 g/mol. The summed E-state index contributed by atoms with van der Waals surface area (Å²) in [5, 5.41) is 4.33. The van der Waals surface area contributed by atoms with Gasteiger partial charge in [0, 0.05) is 25.2 Å². The summed E-state index contributed by atoms with van der Waals surface area (Å²) >= 11 is 0. The summed E-state index contributed by atoms with van der Waals surface area (Å²) in [5.41, 5.74) is 12.5. The van der Waals surface area contributed by atoms with Crippen molar-refractivity contribution in [3.8, 4) is 5.69 Å². The molecule has 1 aromatic carbocycles. The van der Waals surface area contributed by atoms with Crippen LogP contribution in [0.15, 0.2) is 36.4 Å². The molecule has 1 saturated heterocycles. The Morgan fingerprint density at radius 3 is 2.40 bits per heavy atom. The van der Waals surface area contributed by atoms with Gasteiger partial charge in [-0.2, -0.15) is 5.10 Å². The van der Waals surface area contributed by atoms with Crippen LogP contribution in [0.3, 0.4) is 0 Å². The number of aromatic nitrogens is 2. The molecule has 3 rings (SSSR count). The Balaban J connectivity index is 1.83. The first-order valence-corrected chi connectivity index (χ1v) is 8.47. The van der Waals surface area contributed by atoms with Gasteiger partial charge in [-0.25, -0.2) is 4.68 Å². The van der Waals surface area contributed by atoms with Gasteiger partial charge in [-0.15, -0.1) is 0 Å². The van der Waals surface area contributed by atoms with Crippen molar-refractivity contribution in [2.75, 3.05) is 13.1 Å². The van der Waals surface area contributed by atoms with Gasteiger partial charge >= 0.3 is 0 Å². The second-order valence-electron chi connectivity index (χ2n) is 6.52. The van der Waals surface area contributed by atoms with Gasteiger partial charge in [-0.1, -0.05) is 18.2 Å². The van der Waals surface area contributed by atoms with Gasteiger partial charge in [0.2, 0.25) is 0 Å². The predicted molar refractivity (Wildman–Crippen MR) is 94.4 cm³/mol. The Morgan fingerprint density at radius 2 is 1.84 bits per heavy atom. The number of primary amides is 1. The SMILES string of the molecule is CC(N)C1CCN(C(=O)c2cc(C(N)=O)n(-c3ccccc3)n2)CC1. The summed E-state index contributed by atoms with van der Waals surface area (Å²) < 4.78 is 1.42. The molecule has 4 N–H and O–H groups in total. The fourth-order valence-corrected chi connectivity index (χ4v) is 3.22. The van der Waals surface area contributed by atoms with E-state index in [2.05, 4.69) is 5.10 Å². The van der Waals surface area contributed by atoms with Crippen molar-refractivity contribution in [1.29, 1.82) is 0 Å². The summed E-state index contributed by atoms with van der Waals surface area (Å²) in [6.07, 6.45) is 1.76. The Morgan fingerprint density at radius 1 is 1.20 bits per heavy atom. The lowest BCUT2D eigenvalue weighted by Gasteiger charge is -2.33. The second-order valence-corrected chi connectivity index (χ2v) is 6.52. The van der Waals surface area contributed by atoms with Crippen molar-refractivity contribution in [2.24, 2.45) is 17.4 Å². The van der Waals surface area contributed by atoms with Crippen molar-refractivity contribution in [2.45, 2.75) is 25.8 Å². The van der Waals surface area contributed by atoms with Crippen LogP contribution in [-0.4, -0.2) is 45.6 Å². The van der Waals surface area contributed by atoms with Crippen LogP contribution in [0.5, 0.6) is 0 Å². The maximum atomic E-state index is 12.8. The number of piperidine rings is 1. The summed E-state index contributed by atoms with van der Waals surface area (Å²) in [5.74, 6) is -0.363. The quantitative estimate of drug-likeness (QED) is 0.870. The number of hydrogen-bond acceptors (Lipinski definition) is 4. The molecular formula is C18H23N5O2. The molecule has 1 unspecified atom stereocenters. The number of carbonyl (C=O) groups is 2. The lowest BCUT2D eigenvalue weighted by Crippen LogP contribution is -2.42. The van der Waals surface area contributed by atoms with Crippen LogP contribution in [-0.2, 0) is 0 Å². The number of hydrogen-bond donors (Lipinski definition) is 2. The molecule has 2 amide bonds. The van der Waals surface area contributed by atoms with Gasteiger partial charge in [-0.3, -0.25) is 9.59 Å². The summed E-state index contributed by atoms with van der Waals surface area (Å²) in [6, 6.07) is 10.8. The number of carbonyl (C=O) groups excluding carboxylic acids is 2. The van der Waals surface area contributed by atoms with Crippen molar-refractivity contribution >= 4 is 11.8 Å². The monoisotopic (exact) mass is 341 g/mol. The largest absolute Gasteiger partial charge is 0.364 e. The first-order valence-electron chi connectivity index (χ1n) is 8.47. The minimum absolute atomic E-state index is 0.135. The highest BCUT2D eigenvalue weighted by atomic mass is 16.2. The molecule has 1 aromatic heterocycles. The minimum atomic E-state index is -0.619. The standard InChI is InChI=1S/C18H23N5O2/c1-12(19)13-7-9-22(10-8-13)18(25)15-11-16(17(20)24)23(21-15)14-5-3-2-4-6-14/h2-6,11-13H,7-10,19H2,1H3,(H2,20,24). The van der Waals surface area contributed by atoms with Crippen molar-refractivity contribution < 1.29 is 9.59 Å². The summed E-state index contributed by atoms with van der Waals surface area (Å²) in [7, 11) is 0. The van der Waals surface area contributed by atoms with Crippen LogP contribution in [0.25, 0.3) is 5.69 Å².